The minimum atomic E-state index is 0.135. The molecule has 2 N–H and O–H groups in total. The molecule has 0 aromatic rings. The molecule has 1 saturated heterocycles. The molecule has 3 aliphatic carbocycles. The second-order valence-corrected chi connectivity index (χ2v) is 8.71. The van der Waals surface area contributed by atoms with Crippen molar-refractivity contribution in [2.75, 3.05) is 26.2 Å². The Morgan fingerprint density at radius 2 is 1.57 bits per heavy atom. The van der Waals surface area contributed by atoms with Crippen molar-refractivity contribution in [1.82, 2.24) is 9.80 Å². The topological polar surface area (TPSA) is 49.6 Å². The summed E-state index contributed by atoms with van der Waals surface area (Å²) in [4.78, 5) is 17.7. The highest BCUT2D eigenvalue weighted by Gasteiger charge is 2.50. The first-order valence-corrected chi connectivity index (χ1v) is 9.92. The molecule has 0 radical (unpaired) electrons. The van der Waals surface area contributed by atoms with Crippen molar-refractivity contribution in [3.05, 3.63) is 0 Å². The number of nitrogens with two attached hydrogens (primary N) is 1. The van der Waals surface area contributed by atoms with Gasteiger partial charge in [0.05, 0.1) is 5.92 Å². The van der Waals surface area contributed by atoms with E-state index in [0.717, 1.165) is 38.1 Å². The van der Waals surface area contributed by atoms with Crippen LogP contribution in [0.3, 0.4) is 0 Å². The highest BCUT2D eigenvalue weighted by molar-refractivity contribution is 5.80. The quantitative estimate of drug-likeness (QED) is 0.848. The predicted molar refractivity (Wildman–Crippen MR) is 91.9 cm³/mol. The molecule has 4 fully saturated rings. The van der Waals surface area contributed by atoms with Gasteiger partial charge >= 0.3 is 0 Å². The van der Waals surface area contributed by atoms with Crippen molar-refractivity contribution in [3.63, 3.8) is 0 Å². The molecule has 1 aliphatic heterocycles. The van der Waals surface area contributed by atoms with Crippen LogP contribution in [-0.2, 0) is 4.79 Å². The Labute approximate surface area is 140 Å². The number of hydrogen-bond donors (Lipinski definition) is 1. The molecule has 0 aromatic heterocycles. The van der Waals surface area contributed by atoms with Crippen molar-refractivity contribution in [3.8, 4) is 0 Å². The number of carbonyl (C=O) groups excluding carboxylic acids is 1. The van der Waals surface area contributed by atoms with Gasteiger partial charge in [-0.2, -0.15) is 0 Å². The average molecular weight is 319 g/mol. The first-order chi connectivity index (χ1) is 11.1. The highest BCUT2D eigenvalue weighted by Crippen LogP contribution is 2.48. The zero-order chi connectivity index (χ0) is 16.0. The average Bonchev–Trinajstić information content (AvgIpc) is 3.16. The summed E-state index contributed by atoms with van der Waals surface area (Å²) < 4.78 is 0. The minimum Gasteiger partial charge on any atom is -0.340 e. The molecule has 4 rings (SSSR count). The summed E-state index contributed by atoms with van der Waals surface area (Å²) >= 11 is 0. The third-order valence-corrected chi connectivity index (χ3v) is 7.39. The molecule has 4 heteroatoms. The molecule has 23 heavy (non-hydrogen) atoms. The molecule has 3 saturated carbocycles. The lowest BCUT2D eigenvalue weighted by Gasteiger charge is -2.43. The molecule has 1 amide bonds. The Bertz CT molecular complexity index is 436. The lowest BCUT2D eigenvalue weighted by molar-refractivity contribution is -0.140. The van der Waals surface area contributed by atoms with E-state index < -0.39 is 0 Å². The Morgan fingerprint density at radius 3 is 2.17 bits per heavy atom. The van der Waals surface area contributed by atoms with E-state index in [1.807, 2.05) is 0 Å². The van der Waals surface area contributed by atoms with Gasteiger partial charge in [0.25, 0.3) is 0 Å². The zero-order valence-electron chi connectivity index (χ0n) is 14.6. The van der Waals surface area contributed by atoms with Crippen LogP contribution in [0.25, 0.3) is 0 Å². The maximum absolute atomic E-state index is 13.0. The Morgan fingerprint density at radius 1 is 0.913 bits per heavy atom. The fraction of sp³-hybridized carbons (Fsp3) is 0.947. The van der Waals surface area contributed by atoms with E-state index in [4.69, 9.17) is 5.73 Å². The number of piperazine rings is 1. The summed E-state index contributed by atoms with van der Waals surface area (Å²) in [5, 5.41) is 0. The van der Waals surface area contributed by atoms with Crippen LogP contribution in [0, 0.1) is 23.7 Å². The molecular weight excluding hydrogens is 286 g/mol. The second kappa shape index (κ2) is 6.36. The van der Waals surface area contributed by atoms with Gasteiger partial charge in [0.15, 0.2) is 0 Å². The number of amides is 1. The molecular formula is C19H33N3O. The van der Waals surface area contributed by atoms with Gasteiger partial charge in [-0.05, 0) is 62.7 Å². The number of rotatable bonds is 2. The molecule has 4 nitrogen and oxygen atoms in total. The molecule has 4 atom stereocenters. The second-order valence-electron chi connectivity index (χ2n) is 8.71. The summed E-state index contributed by atoms with van der Waals surface area (Å²) in [6.07, 6.45) is 9.16. The van der Waals surface area contributed by atoms with Crippen LogP contribution < -0.4 is 5.73 Å². The third kappa shape index (κ3) is 2.93. The van der Waals surface area contributed by atoms with Gasteiger partial charge in [-0.3, -0.25) is 9.69 Å². The van der Waals surface area contributed by atoms with Crippen molar-refractivity contribution in [2.45, 2.75) is 64.0 Å². The predicted octanol–water partition coefficient (Wildman–Crippen LogP) is 2.08. The van der Waals surface area contributed by atoms with E-state index in [0.29, 0.717) is 17.7 Å². The van der Waals surface area contributed by atoms with Crippen LogP contribution >= 0.6 is 0 Å². The fourth-order valence-electron chi connectivity index (χ4n) is 5.83. The number of fused-ring (bicyclic) bond motifs is 2. The van der Waals surface area contributed by atoms with Crippen molar-refractivity contribution in [2.24, 2.45) is 29.4 Å². The fourth-order valence-corrected chi connectivity index (χ4v) is 5.83. The first-order valence-electron chi connectivity index (χ1n) is 9.92. The molecule has 4 aliphatic rings. The maximum Gasteiger partial charge on any atom is 0.227 e. The zero-order valence-corrected chi connectivity index (χ0v) is 14.6. The van der Waals surface area contributed by atoms with E-state index in [1.54, 1.807) is 0 Å². The van der Waals surface area contributed by atoms with Crippen LogP contribution in [0.5, 0.6) is 0 Å². The van der Waals surface area contributed by atoms with E-state index >= 15 is 0 Å². The lowest BCUT2D eigenvalue weighted by atomic mass is 9.83. The minimum absolute atomic E-state index is 0.135. The number of nitrogens with zero attached hydrogens (tertiary/aromatic N) is 2. The summed E-state index contributed by atoms with van der Waals surface area (Å²) in [5.41, 5.74) is 6.37. The molecule has 4 unspecified atom stereocenters. The Hall–Kier alpha value is -0.610. The number of carbonyl (C=O) groups is 1. The normalized spacial score (nSPS) is 44.7. The SMILES string of the molecule is CC1CCC(N2CCN(C(=O)C3C4CCC(C4)C3N)CC2)CC1. The molecule has 130 valence electrons. The van der Waals surface area contributed by atoms with Gasteiger partial charge in [0.2, 0.25) is 5.91 Å². The van der Waals surface area contributed by atoms with Crippen LogP contribution in [0.15, 0.2) is 0 Å². The summed E-state index contributed by atoms with van der Waals surface area (Å²) in [6, 6.07) is 0.910. The summed E-state index contributed by atoms with van der Waals surface area (Å²) in [7, 11) is 0. The standard InChI is InChI=1S/C19H33N3O/c1-13-2-6-16(7-3-13)21-8-10-22(11-9-21)19(23)17-14-4-5-15(12-14)18(17)20/h13-18H,2-12,20H2,1H3. The summed E-state index contributed by atoms with van der Waals surface area (Å²) in [6.45, 7) is 6.37. The third-order valence-electron chi connectivity index (χ3n) is 7.39. The van der Waals surface area contributed by atoms with Gasteiger partial charge in [0, 0.05) is 38.3 Å². The Kier molecular flexibility index (Phi) is 4.39. The first kappa shape index (κ1) is 15.9. The van der Waals surface area contributed by atoms with Gasteiger partial charge < -0.3 is 10.6 Å². The van der Waals surface area contributed by atoms with E-state index in [2.05, 4.69) is 16.7 Å². The molecule has 2 bridgehead atoms. The van der Waals surface area contributed by atoms with Gasteiger partial charge in [-0.25, -0.2) is 0 Å². The lowest BCUT2D eigenvalue weighted by Crippen LogP contribution is -2.55. The van der Waals surface area contributed by atoms with Crippen LogP contribution in [0.4, 0.5) is 0 Å². The van der Waals surface area contributed by atoms with E-state index in [1.165, 1.54) is 44.9 Å². The largest absolute Gasteiger partial charge is 0.340 e. The van der Waals surface area contributed by atoms with Crippen molar-refractivity contribution < 1.29 is 4.79 Å². The number of hydrogen-bond acceptors (Lipinski definition) is 3. The molecule has 0 spiro atoms. The van der Waals surface area contributed by atoms with Crippen LogP contribution in [-0.4, -0.2) is 54.0 Å². The highest BCUT2D eigenvalue weighted by atomic mass is 16.2. The smallest absolute Gasteiger partial charge is 0.227 e. The van der Waals surface area contributed by atoms with Crippen molar-refractivity contribution in [1.29, 1.82) is 0 Å². The van der Waals surface area contributed by atoms with Crippen LogP contribution in [0.2, 0.25) is 0 Å². The van der Waals surface area contributed by atoms with Crippen molar-refractivity contribution >= 4 is 5.91 Å². The van der Waals surface area contributed by atoms with Crippen LogP contribution in [0.1, 0.15) is 51.9 Å². The maximum atomic E-state index is 13.0. The Balaban J connectivity index is 1.30. The van der Waals surface area contributed by atoms with Gasteiger partial charge in [-0.15, -0.1) is 0 Å². The van der Waals surface area contributed by atoms with E-state index in [9.17, 15) is 4.79 Å². The van der Waals surface area contributed by atoms with Gasteiger partial charge in [-0.1, -0.05) is 6.92 Å². The van der Waals surface area contributed by atoms with E-state index in [-0.39, 0.29) is 12.0 Å². The summed E-state index contributed by atoms with van der Waals surface area (Å²) in [5.74, 6) is 2.63. The molecule has 1 heterocycles. The monoisotopic (exact) mass is 319 g/mol. The van der Waals surface area contributed by atoms with Gasteiger partial charge in [0.1, 0.15) is 0 Å². The molecule has 0 aromatic carbocycles.